The molecule has 1 aliphatic rings. The fourth-order valence-electron chi connectivity index (χ4n) is 1.70. The third-order valence-corrected chi connectivity index (χ3v) is 2.52. The fraction of sp³-hybridized carbons (Fsp3) is 0.600. The quantitative estimate of drug-likeness (QED) is 0.745. The largest absolute Gasteiger partial charge is 0.468 e. The molecular weight excluding hydrogens is 166 g/mol. The zero-order chi connectivity index (χ0) is 9.10. The lowest BCUT2D eigenvalue weighted by Gasteiger charge is -2.28. The third kappa shape index (κ3) is 2.32. The molecule has 1 aliphatic heterocycles. The molecule has 0 aliphatic carbocycles. The predicted molar refractivity (Wildman–Crippen MR) is 49.2 cm³/mol. The molecule has 2 heterocycles. The number of aliphatic hydroxyl groups is 1. The van der Waals surface area contributed by atoms with Crippen molar-refractivity contribution in [1.29, 1.82) is 0 Å². The molecule has 0 saturated carbocycles. The van der Waals surface area contributed by atoms with E-state index in [4.69, 9.17) is 4.42 Å². The Morgan fingerprint density at radius 1 is 1.46 bits per heavy atom. The Labute approximate surface area is 78.0 Å². The number of aliphatic hydroxyl groups excluding tert-OH is 1. The number of hydrogen-bond acceptors (Lipinski definition) is 3. The summed E-state index contributed by atoms with van der Waals surface area (Å²) in [5.41, 5.74) is 0. The maximum absolute atomic E-state index is 9.30. The average Bonchev–Trinajstić information content (AvgIpc) is 2.62. The highest BCUT2D eigenvalue weighted by Crippen LogP contribution is 2.13. The van der Waals surface area contributed by atoms with Crippen LogP contribution < -0.4 is 0 Å². The molecule has 1 aromatic heterocycles. The Bertz CT molecular complexity index is 237. The van der Waals surface area contributed by atoms with Crippen LogP contribution in [-0.2, 0) is 6.54 Å². The Balaban J connectivity index is 1.83. The number of rotatable bonds is 2. The van der Waals surface area contributed by atoms with Crippen LogP contribution in [-0.4, -0.2) is 29.2 Å². The van der Waals surface area contributed by atoms with E-state index in [2.05, 4.69) is 4.90 Å². The first kappa shape index (κ1) is 8.78. The Morgan fingerprint density at radius 3 is 2.85 bits per heavy atom. The first-order valence-corrected chi connectivity index (χ1v) is 4.77. The summed E-state index contributed by atoms with van der Waals surface area (Å²) in [7, 11) is 0. The molecule has 72 valence electrons. The molecule has 0 spiro atoms. The van der Waals surface area contributed by atoms with Gasteiger partial charge in [-0.05, 0) is 25.0 Å². The van der Waals surface area contributed by atoms with E-state index in [1.165, 1.54) is 0 Å². The minimum absolute atomic E-state index is 0.0900. The van der Waals surface area contributed by atoms with E-state index in [1.54, 1.807) is 6.26 Å². The molecule has 1 N–H and O–H groups in total. The number of piperidine rings is 1. The summed E-state index contributed by atoms with van der Waals surface area (Å²) in [5, 5.41) is 9.30. The van der Waals surface area contributed by atoms with Crippen LogP contribution in [0.3, 0.4) is 0 Å². The molecule has 13 heavy (non-hydrogen) atoms. The van der Waals surface area contributed by atoms with E-state index in [9.17, 15) is 5.11 Å². The molecule has 1 aromatic rings. The minimum Gasteiger partial charge on any atom is -0.468 e. The van der Waals surface area contributed by atoms with Gasteiger partial charge >= 0.3 is 0 Å². The van der Waals surface area contributed by atoms with Gasteiger partial charge in [-0.2, -0.15) is 0 Å². The van der Waals surface area contributed by atoms with Gasteiger partial charge in [-0.25, -0.2) is 0 Å². The summed E-state index contributed by atoms with van der Waals surface area (Å²) in [6.45, 7) is 2.82. The summed E-state index contributed by atoms with van der Waals surface area (Å²) in [4.78, 5) is 2.31. The molecule has 2 rings (SSSR count). The summed E-state index contributed by atoms with van der Waals surface area (Å²) >= 11 is 0. The lowest BCUT2D eigenvalue weighted by Crippen LogP contribution is -2.35. The second kappa shape index (κ2) is 3.94. The number of likely N-dealkylation sites (tertiary alicyclic amines) is 1. The minimum atomic E-state index is -0.0900. The van der Waals surface area contributed by atoms with E-state index in [0.29, 0.717) is 0 Å². The smallest absolute Gasteiger partial charge is 0.117 e. The second-order valence-electron chi connectivity index (χ2n) is 3.59. The van der Waals surface area contributed by atoms with Crippen molar-refractivity contribution in [2.75, 3.05) is 13.1 Å². The second-order valence-corrected chi connectivity index (χ2v) is 3.59. The van der Waals surface area contributed by atoms with Gasteiger partial charge in [0.25, 0.3) is 0 Å². The topological polar surface area (TPSA) is 36.6 Å². The Kier molecular flexibility index (Phi) is 2.66. The molecule has 0 amide bonds. The van der Waals surface area contributed by atoms with Crippen LogP contribution in [0, 0.1) is 0 Å². The lowest BCUT2D eigenvalue weighted by molar-refractivity contribution is 0.0760. The van der Waals surface area contributed by atoms with Crippen LogP contribution in [0.2, 0.25) is 0 Å². The molecule has 0 radical (unpaired) electrons. The van der Waals surface area contributed by atoms with E-state index in [-0.39, 0.29) is 6.10 Å². The summed E-state index contributed by atoms with van der Waals surface area (Å²) in [6, 6.07) is 3.90. The van der Waals surface area contributed by atoms with Crippen LogP contribution in [0.5, 0.6) is 0 Å². The van der Waals surface area contributed by atoms with Gasteiger partial charge in [0, 0.05) is 13.1 Å². The molecule has 3 heteroatoms. The average molecular weight is 181 g/mol. The van der Waals surface area contributed by atoms with E-state index in [0.717, 1.165) is 38.2 Å². The van der Waals surface area contributed by atoms with Crippen LogP contribution in [0.15, 0.2) is 22.8 Å². The van der Waals surface area contributed by atoms with Crippen molar-refractivity contribution in [3.05, 3.63) is 24.2 Å². The zero-order valence-corrected chi connectivity index (χ0v) is 7.65. The zero-order valence-electron chi connectivity index (χ0n) is 7.65. The van der Waals surface area contributed by atoms with Crippen molar-refractivity contribution >= 4 is 0 Å². The predicted octanol–water partition coefficient (Wildman–Crippen LogP) is 1.24. The van der Waals surface area contributed by atoms with Crippen LogP contribution in [0.1, 0.15) is 18.6 Å². The maximum atomic E-state index is 9.30. The third-order valence-electron chi connectivity index (χ3n) is 2.52. The van der Waals surface area contributed by atoms with Crippen LogP contribution >= 0.6 is 0 Å². The molecule has 0 aromatic carbocycles. The van der Waals surface area contributed by atoms with E-state index < -0.39 is 0 Å². The number of furan rings is 1. The monoisotopic (exact) mass is 181 g/mol. The first-order valence-electron chi connectivity index (χ1n) is 4.77. The normalized spacial score (nSPS) is 20.7. The molecular formula is C10H15NO2. The van der Waals surface area contributed by atoms with Crippen molar-refractivity contribution < 1.29 is 9.52 Å². The Morgan fingerprint density at radius 2 is 2.23 bits per heavy atom. The molecule has 0 bridgehead atoms. The summed E-state index contributed by atoms with van der Waals surface area (Å²) in [5.74, 6) is 1.01. The highest BCUT2D eigenvalue weighted by molar-refractivity contribution is 4.98. The SMILES string of the molecule is OC1CCN(Cc2ccco2)CC1. The van der Waals surface area contributed by atoms with Crippen molar-refractivity contribution in [2.45, 2.75) is 25.5 Å². The van der Waals surface area contributed by atoms with Crippen molar-refractivity contribution in [1.82, 2.24) is 4.90 Å². The standard InChI is InChI=1S/C10H15NO2/c12-9-3-5-11(6-4-9)8-10-2-1-7-13-10/h1-2,7,9,12H,3-6,8H2. The van der Waals surface area contributed by atoms with Crippen molar-refractivity contribution in [3.63, 3.8) is 0 Å². The number of hydrogen-bond donors (Lipinski definition) is 1. The maximum Gasteiger partial charge on any atom is 0.117 e. The molecule has 1 saturated heterocycles. The van der Waals surface area contributed by atoms with E-state index in [1.807, 2.05) is 12.1 Å². The molecule has 0 atom stereocenters. The van der Waals surface area contributed by atoms with Gasteiger partial charge in [0.15, 0.2) is 0 Å². The molecule has 3 nitrogen and oxygen atoms in total. The summed E-state index contributed by atoms with van der Waals surface area (Å²) in [6.07, 6.45) is 3.39. The first-order chi connectivity index (χ1) is 6.34. The van der Waals surface area contributed by atoms with Crippen molar-refractivity contribution in [3.8, 4) is 0 Å². The van der Waals surface area contributed by atoms with Gasteiger partial charge in [0.2, 0.25) is 0 Å². The highest BCUT2D eigenvalue weighted by atomic mass is 16.3. The fourth-order valence-corrected chi connectivity index (χ4v) is 1.70. The van der Waals surface area contributed by atoms with Gasteiger partial charge in [0.1, 0.15) is 5.76 Å². The lowest BCUT2D eigenvalue weighted by atomic mass is 10.1. The highest BCUT2D eigenvalue weighted by Gasteiger charge is 2.17. The molecule has 1 fully saturated rings. The van der Waals surface area contributed by atoms with Gasteiger partial charge < -0.3 is 9.52 Å². The summed E-state index contributed by atoms with van der Waals surface area (Å²) < 4.78 is 5.26. The molecule has 0 unspecified atom stereocenters. The van der Waals surface area contributed by atoms with Crippen LogP contribution in [0.25, 0.3) is 0 Å². The van der Waals surface area contributed by atoms with Crippen molar-refractivity contribution in [2.24, 2.45) is 0 Å². The Hall–Kier alpha value is -0.800. The van der Waals surface area contributed by atoms with Gasteiger partial charge in [0.05, 0.1) is 18.9 Å². The van der Waals surface area contributed by atoms with Crippen LogP contribution in [0.4, 0.5) is 0 Å². The van der Waals surface area contributed by atoms with Gasteiger partial charge in [-0.3, -0.25) is 4.90 Å². The number of nitrogens with zero attached hydrogens (tertiary/aromatic N) is 1. The van der Waals surface area contributed by atoms with Gasteiger partial charge in [-0.1, -0.05) is 0 Å². The van der Waals surface area contributed by atoms with Gasteiger partial charge in [-0.15, -0.1) is 0 Å². The van der Waals surface area contributed by atoms with E-state index >= 15 is 0 Å².